The molecule has 30 heavy (non-hydrogen) atoms. The maximum Gasteiger partial charge on any atom is 0.220 e. The zero-order chi connectivity index (χ0) is 21.2. The van der Waals surface area contributed by atoms with Crippen molar-refractivity contribution in [3.8, 4) is 11.5 Å². The third-order valence-corrected chi connectivity index (χ3v) is 6.69. The molecule has 1 unspecified atom stereocenters. The predicted octanol–water partition coefficient (Wildman–Crippen LogP) is 4.96. The fourth-order valence-electron chi connectivity index (χ4n) is 4.92. The molecule has 1 saturated carbocycles. The van der Waals surface area contributed by atoms with E-state index in [4.69, 9.17) is 21.1 Å². The van der Waals surface area contributed by atoms with Crippen LogP contribution in [0.3, 0.4) is 0 Å². The molecule has 1 aliphatic carbocycles. The van der Waals surface area contributed by atoms with Gasteiger partial charge in [0.15, 0.2) is 0 Å². The summed E-state index contributed by atoms with van der Waals surface area (Å²) < 4.78 is 26.2. The number of hydrogen-bond acceptors (Lipinski definition) is 3. The van der Waals surface area contributed by atoms with Crippen LogP contribution in [-0.4, -0.2) is 36.6 Å². The SMILES string of the molecule is COc1cc(Cl)ccc1C1c2[nH]c3c(OC)ccc(F)c3c2C2(CC2)CN1C(C)=O. The zero-order valence-corrected chi connectivity index (χ0v) is 17.8. The van der Waals surface area contributed by atoms with Gasteiger partial charge in [-0.1, -0.05) is 17.7 Å². The van der Waals surface area contributed by atoms with Crippen molar-refractivity contribution in [3.63, 3.8) is 0 Å². The first-order valence-electron chi connectivity index (χ1n) is 9.89. The summed E-state index contributed by atoms with van der Waals surface area (Å²) in [5.74, 6) is 0.836. The van der Waals surface area contributed by atoms with Crippen molar-refractivity contribution in [3.05, 3.63) is 58.0 Å². The number of nitrogens with one attached hydrogen (secondary N) is 1. The minimum Gasteiger partial charge on any atom is -0.496 e. The average Bonchev–Trinajstić information content (AvgIpc) is 3.36. The molecule has 1 aromatic heterocycles. The molecule has 0 saturated heterocycles. The van der Waals surface area contributed by atoms with E-state index in [0.717, 1.165) is 29.7 Å². The van der Waals surface area contributed by atoms with E-state index in [1.165, 1.54) is 6.07 Å². The lowest BCUT2D eigenvalue weighted by Gasteiger charge is -2.40. The zero-order valence-electron chi connectivity index (χ0n) is 17.0. The fourth-order valence-corrected chi connectivity index (χ4v) is 5.09. The van der Waals surface area contributed by atoms with Gasteiger partial charge in [0.05, 0.1) is 19.7 Å². The van der Waals surface area contributed by atoms with Gasteiger partial charge in [0.25, 0.3) is 0 Å². The van der Waals surface area contributed by atoms with E-state index in [1.807, 2.05) is 11.0 Å². The predicted molar refractivity (Wildman–Crippen MR) is 113 cm³/mol. The van der Waals surface area contributed by atoms with Crippen molar-refractivity contribution >= 4 is 28.4 Å². The number of carbonyl (C=O) groups excluding carboxylic acids is 1. The second kappa shape index (κ2) is 6.64. The summed E-state index contributed by atoms with van der Waals surface area (Å²) in [6.45, 7) is 2.11. The summed E-state index contributed by atoms with van der Waals surface area (Å²) in [6.07, 6.45) is 1.83. The van der Waals surface area contributed by atoms with Crippen molar-refractivity contribution in [2.45, 2.75) is 31.2 Å². The van der Waals surface area contributed by atoms with Crippen LogP contribution in [0.15, 0.2) is 30.3 Å². The molecular weight excluding hydrogens is 407 g/mol. The summed E-state index contributed by atoms with van der Waals surface area (Å²) >= 11 is 6.18. The quantitative estimate of drug-likeness (QED) is 0.641. The monoisotopic (exact) mass is 428 g/mol. The number of amides is 1. The lowest BCUT2D eigenvalue weighted by atomic mass is 9.83. The Morgan fingerprint density at radius 1 is 1.20 bits per heavy atom. The molecule has 1 aliphatic heterocycles. The fraction of sp³-hybridized carbons (Fsp3) is 0.348. The Kier molecular flexibility index (Phi) is 4.26. The van der Waals surface area contributed by atoms with Crippen molar-refractivity contribution < 1.29 is 18.7 Å². The highest BCUT2D eigenvalue weighted by atomic mass is 35.5. The number of H-pyrrole nitrogens is 1. The lowest BCUT2D eigenvalue weighted by Crippen LogP contribution is -2.44. The van der Waals surface area contributed by atoms with Crippen LogP contribution in [0.4, 0.5) is 4.39 Å². The smallest absolute Gasteiger partial charge is 0.220 e. The maximum atomic E-state index is 15.1. The van der Waals surface area contributed by atoms with E-state index < -0.39 is 6.04 Å². The molecule has 2 aromatic carbocycles. The molecule has 1 spiro atoms. The van der Waals surface area contributed by atoms with Gasteiger partial charge in [0.2, 0.25) is 5.91 Å². The number of fused-ring (bicyclic) bond motifs is 4. The molecule has 0 radical (unpaired) electrons. The van der Waals surface area contributed by atoms with E-state index in [0.29, 0.717) is 34.0 Å². The van der Waals surface area contributed by atoms with E-state index in [9.17, 15) is 4.79 Å². The normalized spacial score (nSPS) is 19.1. The maximum absolute atomic E-state index is 15.1. The van der Waals surface area contributed by atoms with Crippen molar-refractivity contribution in [2.24, 2.45) is 0 Å². The molecule has 0 bridgehead atoms. The van der Waals surface area contributed by atoms with Gasteiger partial charge in [-0.15, -0.1) is 0 Å². The van der Waals surface area contributed by atoms with E-state index in [-0.39, 0.29) is 17.1 Å². The molecule has 2 heterocycles. The van der Waals surface area contributed by atoms with Gasteiger partial charge in [0, 0.05) is 40.5 Å². The average molecular weight is 429 g/mol. The number of hydrogen-bond donors (Lipinski definition) is 1. The van der Waals surface area contributed by atoms with Crippen molar-refractivity contribution in [2.75, 3.05) is 20.8 Å². The number of aromatic amines is 1. The number of nitrogens with zero attached hydrogens (tertiary/aromatic N) is 1. The molecular formula is C23H22ClFN2O3. The van der Waals surface area contributed by atoms with E-state index in [2.05, 4.69) is 4.98 Å². The Bertz CT molecular complexity index is 1180. The summed E-state index contributed by atoms with van der Waals surface area (Å²) in [4.78, 5) is 18.0. The van der Waals surface area contributed by atoms with Crippen LogP contribution in [0, 0.1) is 5.82 Å². The minimum absolute atomic E-state index is 0.0416. The molecule has 2 aliphatic rings. The standard InChI is InChI=1S/C23H22ClFN2O3/c1-12(28)27-11-23(8-9-23)19-18-15(25)6-7-16(29-2)20(18)26-21(19)22(27)14-5-4-13(24)10-17(14)30-3/h4-7,10,22,26H,8-9,11H2,1-3H3. The van der Waals surface area contributed by atoms with Crippen LogP contribution in [0.5, 0.6) is 11.5 Å². The van der Waals surface area contributed by atoms with Crippen LogP contribution < -0.4 is 9.47 Å². The number of halogens is 2. The molecule has 1 fully saturated rings. The van der Waals surface area contributed by atoms with Crippen LogP contribution in [0.2, 0.25) is 5.02 Å². The topological polar surface area (TPSA) is 54.6 Å². The Labute approximate surface area is 178 Å². The number of ether oxygens (including phenoxy) is 2. The molecule has 3 aromatic rings. The summed E-state index contributed by atoms with van der Waals surface area (Å²) in [6, 6.07) is 8.02. The van der Waals surface area contributed by atoms with E-state index in [1.54, 1.807) is 39.3 Å². The number of rotatable bonds is 3. The highest BCUT2D eigenvalue weighted by Gasteiger charge is 2.55. The van der Waals surface area contributed by atoms with Gasteiger partial charge < -0.3 is 19.4 Å². The first-order valence-corrected chi connectivity index (χ1v) is 10.3. The summed E-state index contributed by atoms with van der Waals surface area (Å²) in [7, 11) is 3.15. The lowest BCUT2D eigenvalue weighted by molar-refractivity contribution is -0.131. The van der Waals surface area contributed by atoms with Gasteiger partial charge in [-0.25, -0.2) is 4.39 Å². The van der Waals surface area contributed by atoms with Gasteiger partial charge in [-0.2, -0.15) is 0 Å². The second-order valence-corrected chi connectivity index (χ2v) is 8.57. The Balaban J connectivity index is 1.85. The first kappa shape index (κ1) is 19.2. The highest BCUT2D eigenvalue weighted by molar-refractivity contribution is 6.30. The molecule has 5 nitrogen and oxygen atoms in total. The largest absolute Gasteiger partial charge is 0.496 e. The Hall–Kier alpha value is -2.73. The number of benzene rings is 2. The van der Waals surface area contributed by atoms with Gasteiger partial charge in [-0.05, 0) is 42.7 Å². The van der Waals surface area contributed by atoms with E-state index >= 15 is 4.39 Å². The Morgan fingerprint density at radius 3 is 2.57 bits per heavy atom. The molecule has 7 heteroatoms. The first-order chi connectivity index (χ1) is 14.4. The van der Waals surface area contributed by atoms with Crippen LogP contribution in [0.1, 0.15) is 42.6 Å². The van der Waals surface area contributed by atoms with Gasteiger partial charge in [0.1, 0.15) is 23.4 Å². The molecule has 5 rings (SSSR count). The summed E-state index contributed by atoms with van der Waals surface area (Å²) in [5, 5.41) is 1.10. The van der Waals surface area contributed by atoms with Gasteiger partial charge in [-0.3, -0.25) is 4.79 Å². The third kappa shape index (κ3) is 2.63. The van der Waals surface area contributed by atoms with Crippen molar-refractivity contribution in [1.82, 2.24) is 9.88 Å². The molecule has 1 amide bonds. The third-order valence-electron chi connectivity index (χ3n) is 6.45. The van der Waals surface area contributed by atoms with Gasteiger partial charge >= 0.3 is 0 Å². The number of aromatic nitrogens is 1. The highest BCUT2D eigenvalue weighted by Crippen LogP contribution is 2.59. The van der Waals surface area contributed by atoms with Crippen LogP contribution in [0.25, 0.3) is 10.9 Å². The Morgan fingerprint density at radius 2 is 1.93 bits per heavy atom. The number of methoxy groups -OCH3 is 2. The second-order valence-electron chi connectivity index (χ2n) is 8.13. The molecule has 1 N–H and O–H groups in total. The van der Waals surface area contributed by atoms with Crippen LogP contribution in [-0.2, 0) is 10.2 Å². The van der Waals surface area contributed by atoms with Crippen LogP contribution >= 0.6 is 11.6 Å². The molecule has 1 atom stereocenters. The minimum atomic E-state index is -0.438. The summed E-state index contributed by atoms with van der Waals surface area (Å²) in [5.41, 5.74) is 2.96. The number of carbonyl (C=O) groups is 1. The molecule has 156 valence electrons. The van der Waals surface area contributed by atoms with Crippen molar-refractivity contribution in [1.29, 1.82) is 0 Å².